The number of nitrogens with two attached hydrogens (primary N) is 1. The first kappa shape index (κ1) is 15.9. The molecule has 0 spiro atoms. The summed E-state index contributed by atoms with van der Waals surface area (Å²) in [5.74, 6) is 0. The number of hydrogen-bond donors (Lipinski definition) is 1. The topological polar surface area (TPSA) is 35.7 Å². The van der Waals surface area contributed by atoms with Gasteiger partial charge in [-0.05, 0) is 51.2 Å². The second-order valence-electron chi connectivity index (χ2n) is 7.24. The first-order valence-corrected chi connectivity index (χ1v) is 8.53. The molecular formula is C18H30N4. The van der Waals surface area contributed by atoms with Crippen LogP contribution in [0.2, 0.25) is 0 Å². The molecule has 0 amide bonds. The van der Waals surface area contributed by atoms with Crippen LogP contribution < -0.4 is 5.73 Å². The van der Waals surface area contributed by atoms with Crippen molar-refractivity contribution >= 4 is 0 Å². The molecule has 3 rings (SSSR count). The Hall–Kier alpha value is -0.940. The van der Waals surface area contributed by atoms with Crippen molar-refractivity contribution in [3.8, 4) is 0 Å². The van der Waals surface area contributed by atoms with Gasteiger partial charge in [0.25, 0.3) is 0 Å². The van der Waals surface area contributed by atoms with Gasteiger partial charge in [-0.1, -0.05) is 24.3 Å². The molecule has 0 aromatic heterocycles. The van der Waals surface area contributed by atoms with Gasteiger partial charge >= 0.3 is 0 Å². The summed E-state index contributed by atoms with van der Waals surface area (Å²) in [6.07, 6.45) is 2.11. The van der Waals surface area contributed by atoms with Crippen LogP contribution >= 0.6 is 0 Å². The number of rotatable bonds is 3. The minimum atomic E-state index is -0.126. The molecule has 0 saturated carbocycles. The van der Waals surface area contributed by atoms with Gasteiger partial charge in [-0.15, -0.1) is 0 Å². The second-order valence-corrected chi connectivity index (χ2v) is 7.24. The van der Waals surface area contributed by atoms with Crippen LogP contribution in [0.1, 0.15) is 24.0 Å². The average Bonchev–Trinajstić information content (AvgIpc) is 2.53. The smallest absolute Gasteiger partial charge is 0.0434 e. The van der Waals surface area contributed by atoms with Crippen molar-refractivity contribution in [2.75, 3.05) is 53.4 Å². The lowest BCUT2D eigenvalue weighted by molar-refractivity contribution is 0.148. The van der Waals surface area contributed by atoms with Crippen molar-refractivity contribution in [1.29, 1.82) is 0 Å². The second kappa shape index (κ2) is 6.67. The van der Waals surface area contributed by atoms with Crippen LogP contribution in [0.3, 0.4) is 0 Å². The monoisotopic (exact) mass is 302 g/mol. The van der Waals surface area contributed by atoms with E-state index in [9.17, 15) is 0 Å². The van der Waals surface area contributed by atoms with Crippen LogP contribution in [0.15, 0.2) is 24.3 Å². The third-order valence-corrected chi connectivity index (χ3v) is 5.41. The summed E-state index contributed by atoms with van der Waals surface area (Å²) in [6.45, 7) is 7.96. The van der Waals surface area contributed by atoms with Crippen LogP contribution in [-0.2, 0) is 12.1 Å². The summed E-state index contributed by atoms with van der Waals surface area (Å²) < 4.78 is 0. The molecule has 4 nitrogen and oxygen atoms in total. The fraction of sp³-hybridized carbons (Fsp3) is 0.667. The zero-order valence-electron chi connectivity index (χ0n) is 14.1. The van der Waals surface area contributed by atoms with Gasteiger partial charge in [-0.3, -0.25) is 4.90 Å². The lowest BCUT2D eigenvalue weighted by atomic mass is 9.82. The lowest BCUT2D eigenvalue weighted by Gasteiger charge is -2.38. The number of benzene rings is 1. The van der Waals surface area contributed by atoms with E-state index in [4.69, 9.17) is 5.73 Å². The van der Waals surface area contributed by atoms with Crippen LogP contribution in [0.25, 0.3) is 0 Å². The predicted octanol–water partition coefficient (Wildman–Crippen LogP) is 1.31. The highest BCUT2D eigenvalue weighted by molar-refractivity contribution is 5.29. The third-order valence-electron chi connectivity index (χ3n) is 5.41. The molecule has 122 valence electrons. The molecule has 2 N–H and O–H groups in total. The molecule has 0 radical (unpaired) electrons. The predicted molar refractivity (Wildman–Crippen MR) is 91.8 cm³/mol. The Kier molecular flexibility index (Phi) is 4.83. The third kappa shape index (κ3) is 3.69. The highest BCUT2D eigenvalue weighted by atomic mass is 15.2. The minimum Gasteiger partial charge on any atom is -0.321 e. The maximum atomic E-state index is 6.65. The Balaban J connectivity index is 1.60. The van der Waals surface area contributed by atoms with Crippen molar-refractivity contribution < 1.29 is 0 Å². The SMILES string of the molecule is CN1CCN(Cc2ccc(C3(N)CCN(C)CC3)cc2)CC1. The number of piperidine rings is 1. The Morgan fingerprint density at radius 1 is 0.864 bits per heavy atom. The lowest BCUT2D eigenvalue weighted by Crippen LogP contribution is -2.47. The fourth-order valence-corrected chi connectivity index (χ4v) is 3.51. The molecule has 2 heterocycles. The van der Waals surface area contributed by atoms with Gasteiger partial charge in [0.2, 0.25) is 0 Å². The molecule has 2 aliphatic heterocycles. The summed E-state index contributed by atoms with van der Waals surface area (Å²) in [6, 6.07) is 9.08. The first-order chi connectivity index (χ1) is 10.5. The van der Waals surface area contributed by atoms with E-state index in [1.165, 1.54) is 37.3 Å². The zero-order chi connectivity index (χ0) is 15.6. The summed E-state index contributed by atoms with van der Waals surface area (Å²) in [7, 11) is 4.38. The molecular weight excluding hydrogens is 272 g/mol. The summed E-state index contributed by atoms with van der Waals surface area (Å²) in [4.78, 5) is 7.31. The first-order valence-electron chi connectivity index (χ1n) is 8.53. The van der Waals surface area contributed by atoms with E-state index in [0.29, 0.717) is 0 Å². The fourth-order valence-electron chi connectivity index (χ4n) is 3.51. The summed E-state index contributed by atoms with van der Waals surface area (Å²) in [5, 5.41) is 0. The van der Waals surface area contributed by atoms with Gasteiger partial charge < -0.3 is 15.5 Å². The molecule has 0 atom stereocenters. The summed E-state index contributed by atoms with van der Waals surface area (Å²) in [5.41, 5.74) is 9.24. The molecule has 2 saturated heterocycles. The molecule has 2 fully saturated rings. The highest BCUT2D eigenvalue weighted by Crippen LogP contribution is 2.30. The van der Waals surface area contributed by atoms with Gasteiger partial charge in [0, 0.05) is 38.3 Å². The van der Waals surface area contributed by atoms with Crippen LogP contribution in [0, 0.1) is 0 Å². The van der Waals surface area contributed by atoms with Crippen LogP contribution in [0.5, 0.6) is 0 Å². The van der Waals surface area contributed by atoms with E-state index in [2.05, 4.69) is 53.1 Å². The van der Waals surface area contributed by atoms with E-state index in [-0.39, 0.29) is 5.54 Å². The maximum absolute atomic E-state index is 6.65. The largest absolute Gasteiger partial charge is 0.321 e. The van der Waals surface area contributed by atoms with E-state index in [1.54, 1.807) is 0 Å². The molecule has 4 heteroatoms. The van der Waals surface area contributed by atoms with Crippen molar-refractivity contribution in [3.05, 3.63) is 35.4 Å². The normalized spacial score (nSPS) is 24.5. The summed E-state index contributed by atoms with van der Waals surface area (Å²) >= 11 is 0. The van der Waals surface area contributed by atoms with E-state index >= 15 is 0 Å². The van der Waals surface area contributed by atoms with E-state index < -0.39 is 0 Å². The van der Waals surface area contributed by atoms with Crippen molar-refractivity contribution in [2.24, 2.45) is 5.73 Å². The molecule has 1 aromatic rings. The quantitative estimate of drug-likeness (QED) is 0.913. The number of piperazine rings is 1. The molecule has 1 aromatic carbocycles. The van der Waals surface area contributed by atoms with E-state index in [0.717, 1.165) is 32.5 Å². The molecule has 0 unspecified atom stereocenters. The minimum absolute atomic E-state index is 0.126. The van der Waals surface area contributed by atoms with Gasteiger partial charge in [0.05, 0.1) is 0 Å². The Morgan fingerprint density at radius 3 is 2.00 bits per heavy atom. The molecule has 22 heavy (non-hydrogen) atoms. The highest BCUT2D eigenvalue weighted by Gasteiger charge is 2.31. The molecule has 0 bridgehead atoms. The maximum Gasteiger partial charge on any atom is 0.0434 e. The zero-order valence-corrected chi connectivity index (χ0v) is 14.1. The number of nitrogens with zero attached hydrogens (tertiary/aromatic N) is 3. The van der Waals surface area contributed by atoms with Crippen molar-refractivity contribution in [3.63, 3.8) is 0 Å². The Labute approximate surface area is 134 Å². The number of likely N-dealkylation sites (tertiary alicyclic amines) is 1. The van der Waals surface area contributed by atoms with Crippen molar-refractivity contribution in [2.45, 2.75) is 24.9 Å². The number of likely N-dealkylation sites (N-methyl/N-ethyl adjacent to an activating group) is 1. The van der Waals surface area contributed by atoms with Crippen LogP contribution in [-0.4, -0.2) is 68.1 Å². The Morgan fingerprint density at radius 2 is 1.41 bits per heavy atom. The van der Waals surface area contributed by atoms with Gasteiger partial charge in [0.15, 0.2) is 0 Å². The van der Waals surface area contributed by atoms with E-state index in [1.807, 2.05) is 0 Å². The van der Waals surface area contributed by atoms with Gasteiger partial charge in [-0.2, -0.15) is 0 Å². The molecule has 2 aliphatic rings. The van der Waals surface area contributed by atoms with Crippen LogP contribution in [0.4, 0.5) is 0 Å². The number of hydrogen-bond acceptors (Lipinski definition) is 4. The molecule has 0 aliphatic carbocycles. The van der Waals surface area contributed by atoms with Crippen molar-refractivity contribution in [1.82, 2.24) is 14.7 Å². The van der Waals surface area contributed by atoms with Gasteiger partial charge in [0.1, 0.15) is 0 Å². The van der Waals surface area contributed by atoms with Gasteiger partial charge in [-0.25, -0.2) is 0 Å². The Bertz CT molecular complexity index is 468. The standard InChI is InChI=1S/C18H30N4/c1-20-9-7-18(19,8-10-20)17-5-3-16(4-6-17)15-22-13-11-21(2)12-14-22/h3-6H,7-15,19H2,1-2H3. The average molecular weight is 302 g/mol.